The third kappa shape index (κ3) is 2.82. The zero-order valence-corrected chi connectivity index (χ0v) is 13.3. The highest BCUT2D eigenvalue weighted by Gasteiger charge is 2.18. The summed E-state index contributed by atoms with van der Waals surface area (Å²) in [5.41, 5.74) is 1.14. The molecule has 112 valence electrons. The number of nitrogens with one attached hydrogen (secondary N) is 1. The lowest BCUT2D eigenvalue weighted by molar-refractivity contribution is 0.0936. The van der Waals surface area contributed by atoms with Gasteiger partial charge in [-0.3, -0.25) is 4.79 Å². The highest BCUT2D eigenvalue weighted by Crippen LogP contribution is 2.27. The van der Waals surface area contributed by atoms with E-state index in [-0.39, 0.29) is 17.0 Å². The van der Waals surface area contributed by atoms with Crippen LogP contribution in [0.3, 0.4) is 0 Å². The molecule has 3 aromatic rings. The summed E-state index contributed by atoms with van der Waals surface area (Å²) in [6.07, 6.45) is 0. The van der Waals surface area contributed by atoms with Gasteiger partial charge >= 0.3 is 0 Å². The second-order valence-corrected chi connectivity index (χ2v) is 5.77. The van der Waals surface area contributed by atoms with E-state index in [2.05, 4.69) is 5.32 Å². The first kappa shape index (κ1) is 14.9. The minimum absolute atomic E-state index is 0.249. The molecule has 0 spiro atoms. The van der Waals surface area contributed by atoms with Crippen LogP contribution in [0, 0.1) is 0 Å². The summed E-state index contributed by atoms with van der Waals surface area (Å²) in [5.74, 6) is 0.396. The normalized spacial score (nSPS) is 12.3. The number of carbonyl (C=O) groups excluding carboxylic acids is 1. The standard InChI is InChI=1S/C17H13Cl2NO2/c1-10(15-9-11-5-2-3-8-14(11)22-15)20-17(21)12-6-4-7-13(18)16(12)19/h2-10H,1H3,(H,20,21)/t10-/m0/s1. The van der Waals surface area contributed by atoms with Gasteiger partial charge in [-0.25, -0.2) is 0 Å². The lowest BCUT2D eigenvalue weighted by atomic mass is 10.1. The fourth-order valence-corrected chi connectivity index (χ4v) is 2.63. The Bertz CT molecular complexity index is 809. The molecule has 0 fully saturated rings. The predicted octanol–water partition coefficient (Wildman–Crippen LogP) is 5.23. The van der Waals surface area contributed by atoms with E-state index >= 15 is 0 Å². The number of halogens is 2. The van der Waals surface area contributed by atoms with Crippen LogP contribution >= 0.6 is 23.2 Å². The van der Waals surface area contributed by atoms with Gasteiger partial charge in [-0.1, -0.05) is 47.5 Å². The van der Waals surface area contributed by atoms with Crippen molar-refractivity contribution in [2.75, 3.05) is 0 Å². The molecule has 0 radical (unpaired) electrons. The fraction of sp³-hybridized carbons (Fsp3) is 0.118. The first-order chi connectivity index (χ1) is 10.6. The van der Waals surface area contributed by atoms with Crippen molar-refractivity contribution in [3.05, 3.63) is 69.9 Å². The van der Waals surface area contributed by atoms with Gasteiger partial charge in [0, 0.05) is 5.39 Å². The summed E-state index contributed by atoms with van der Waals surface area (Å²) >= 11 is 12.0. The van der Waals surface area contributed by atoms with Crippen LogP contribution in [0.1, 0.15) is 29.1 Å². The lowest BCUT2D eigenvalue weighted by Crippen LogP contribution is -2.26. The number of para-hydroxylation sites is 1. The minimum atomic E-state index is -0.291. The summed E-state index contributed by atoms with van der Waals surface area (Å²) in [7, 11) is 0. The van der Waals surface area contributed by atoms with Crippen LogP contribution < -0.4 is 5.32 Å². The Labute approximate surface area is 137 Å². The second kappa shape index (κ2) is 6.03. The summed E-state index contributed by atoms with van der Waals surface area (Å²) < 4.78 is 5.75. The van der Waals surface area contributed by atoms with Crippen molar-refractivity contribution in [3.63, 3.8) is 0 Å². The Morgan fingerprint density at radius 2 is 1.91 bits per heavy atom. The monoisotopic (exact) mass is 333 g/mol. The molecule has 1 amide bonds. The molecule has 0 saturated heterocycles. The number of amides is 1. The molecule has 22 heavy (non-hydrogen) atoms. The van der Waals surface area contributed by atoms with Crippen molar-refractivity contribution in [1.29, 1.82) is 0 Å². The second-order valence-electron chi connectivity index (χ2n) is 4.98. The van der Waals surface area contributed by atoms with Gasteiger partial charge in [0.25, 0.3) is 5.91 Å². The number of rotatable bonds is 3. The Hall–Kier alpha value is -1.97. The SMILES string of the molecule is C[C@H](NC(=O)c1cccc(Cl)c1Cl)c1cc2ccccc2o1. The Balaban J connectivity index is 1.82. The van der Waals surface area contributed by atoms with E-state index in [1.807, 2.05) is 37.3 Å². The lowest BCUT2D eigenvalue weighted by Gasteiger charge is -2.12. The molecule has 0 aliphatic heterocycles. The molecular weight excluding hydrogens is 321 g/mol. The van der Waals surface area contributed by atoms with Crippen molar-refractivity contribution in [1.82, 2.24) is 5.32 Å². The Kier molecular flexibility index (Phi) is 4.10. The maximum atomic E-state index is 12.3. The van der Waals surface area contributed by atoms with Gasteiger partial charge in [-0.2, -0.15) is 0 Å². The Morgan fingerprint density at radius 1 is 1.14 bits per heavy atom. The maximum Gasteiger partial charge on any atom is 0.253 e. The third-order valence-electron chi connectivity index (χ3n) is 3.42. The first-order valence-corrected chi connectivity index (χ1v) is 7.55. The maximum absolute atomic E-state index is 12.3. The molecule has 0 aliphatic carbocycles. The van der Waals surface area contributed by atoms with Crippen LogP contribution in [-0.4, -0.2) is 5.91 Å². The van der Waals surface area contributed by atoms with E-state index in [9.17, 15) is 4.79 Å². The van der Waals surface area contributed by atoms with Crippen LogP contribution in [0.5, 0.6) is 0 Å². The van der Waals surface area contributed by atoms with Gasteiger partial charge < -0.3 is 9.73 Å². The van der Waals surface area contributed by atoms with Gasteiger partial charge in [0.2, 0.25) is 0 Å². The number of benzene rings is 2. The molecule has 2 aromatic carbocycles. The van der Waals surface area contributed by atoms with Crippen LogP contribution in [0.4, 0.5) is 0 Å². The van der Waals surface area contributed by atoms with Gasteiger partial charge in [0.15, 0.2) is 0 Å². The van der Waals surface area contributed by atoms with Crippen molar-refractivity contribution < 1.29 is 9.21 Å². The minimum Gasteiger partial charge on any atom is -0.459 e. The van der Waals surface area contributed by atoms with Crippen molar-refractivity contribution in [3.8, 4) is 0 Å². The van der Waals surface area contributed by atoms with E-state index in [1.165, 1.54) is 0 Å². The highest BCUT2D eigenvalue weighted by atomic mass is 35.5. The van der Waals surface area contributed by atoms with E-state index in [4.69, 9.17) is 27.6 Å². The average Bonchev–Trinajstić information content (AvgIpc) is 2.94. The molecule has 0 bridgehead atoms. The molecule has 5 heteroatoms. The first-order valence-electron chi connectivity index (χ1n) is 6.79. The van der Waals surface area contributed by atoms with Crippen molar-refractivity contribution in [2.24, 2.45) is 0 Å². The van der Waals surface area contributed by atoms with Gasteiger partial charge in [-0.05, 0) is 31.2 Å². The van der Waals surface area contributed by atoms with Crippen LogP contribution in [0.2, 0.25) is 10.0 Å². The van der Waals surface area contributed by atoms with Crippen LogP contribution in [0.15, 0.2) is 52.9 Å². The molecule has 1 atom stereocenters. The highest BCUT2D eigenvalue weighted by molar-refractivity contribution is 6.43. The molecule has 1 aromatic heterocycles. The molecule has 0 unspecified atom stereocenters. The van der Waals surface area contributed by atoms with E-state index in [0.717, 1.165) is 11.0 Å². The average molecular weight is 334 g/mol. The molecule has 1 heterocycles. The van der Waals surface area contributed by atoms with Gasteiger partial charge in [0.05, 0.1) is 21.7 Å². The molecule has 1 N–H and O–H groups in total. The molecule has 3 nitrogen and oxygen atoms in total. The summed E-state index contributed by atoms with van der Waals surface area (Å²) in [6.45, 7) is 1.86. The number of hydrogen-bond acceptors (Lipinski definition) is 2. The fourth-order valence-electron chi connectivity index (χ4n) is 2.24. The predicted molar refractivity (Wildman–Crippen MR) is 88.6 cm³/mol. The number of carbonyl (C=O) groups is 1. The molecule has 0 saturated carbocycles. The number of hydrogen-bond donors (Lipinski definition) is 1. The number of fused-ring (bicyclic) bond motifs is 1. The van der Waals surface area contributed by atoms with Crippen molar-refractivity contribution >= 4 is 40.1 Å². The van der Waals surface area contributed by atoms with Gasteiger partial charge in [0.1, 0.15) is 11.3 Å². The van der Waals surface area contributed by atoms with Crippen LogP contribution in [-0.2, 0) is 0 Å². The molecule has 0 aliphatic rings. The van der Waals surface area contributed by atoms with Crippen LogP contribution in [0.25, 0.3) is 11.0 Å². The van der Waals surface area contributed by atoms with Crippen molar-refractivity contribution in [2.45, 2.75) is 13.0 Å². The largest absolute Gasteiger partial charge is 0.459 e. The third-order valence-corrected chi connectivity index (χ3v) is 4.23. The zero-order valence-electron chi connectivity index (χ0n) is 11.8. The smallest absolute Gasteiger partial charge is 0.253 e. The summed E-state index contributed by atoms with van der Waals surface area (Å²) in [5, 5.41) is 4.47. The zero-order chi connectivity index (χ0) is 15.7. The summed E-state index contributed by atoms with van der Waals surface area (Å²) in [6, 6.07) is 14.3. The van der Waals surface area contributed by atoms with E-state index in [0.29, 0.717) is 16.3 Å². The van der Waals surface area contributed by atoms with E-state index in [1.54, 1.807) is 18.2 Å². The molecule has 3 rings (SSSR count). The quantitative estimate of drug-likeness (QED) is 0.712. The topological polar surface area (TPSA) is 42.2 Å². The van der Waals surface area contributed by atoms with Gasteiger partial charge in [-0.15, -0.1) is 0 Å². The molecular formula is C17H13Cl2NO2. The summed E-state index contributed by atoms with van der Waals surface area (Å²) in [4.78, 5) is 12.3. The number of furan rings is 1. The van der Waals surface area contributed by atoms with E-state index < -0.39 is 0 Å². The Morgan fingerprint density at radius 3 is 2.68 bits per heavy atom.